The number of halogens is 1. The van der Waals surface area contributed by atoms with Gasteiger partial charge < -0.3 is 10.2 Å². The monoisotopic (exact) mass is 283 g/mol. The predicted molar refractivity (Wildman–Crippen MR) is 78.0 cm³/mol. The molecule has 2 amide bonds. The highest BCUT2D eigenvalue weighted by Gasteiger charge is 2.12. The predicted octanol–water partition coefficient (Wildman–Crippen LogP) is 3.36. The Morgan fingerprint density at radius 3 is 2.67 bits per heavy atom. The van der Waals surface area contributed by atoms with Crippen molar-refractivity contribution in [1.29, 1.82) is 5.26 Å². The summed E-state index contributed by atoms with van der Waals surface area (Å²) in [6.07, 6.45) is 0. The first kappa shape index (κ1) is 14.5. The summed E-state index contributed by atoms with van der Waals surface area (Å²) in [5, 5.41) is 11.6. The Morgan fingerprint density at radius 1 is 1.29 bits per heavy atom. The number of rotatable bonds is 3. The summed E-state index contributed by atoms with van der Waals surface area (Å²) in [6, 6.07) is 14.7. The van der Waals surface area contributed by atoms with Crippen LogP contribution >= 0.6 is 0 Å². The number of nitrogens with one attached hydrogen (secondary N) is 1. The van der Waals surface area contributed by atoms with Gasteiger partial charge in [-0.05, 0) is 23.8 Å². The first-order valence-electron chi connectivity index (χ1n) is 6.36. The van der Waals surface area contributed by atoms with Gasteiger partial charge in [0.15, 0.2) is 0 Å². The van der Waals surface area contributed by atoms with E-state index in [-0.39, 0.29) is 11.6 Å². The number of anilines is 1. The smallest absolute Gasteiger partial charge is 0.321 e. The van der Waals surface area contributed by atoms with E-state index in [4.69, 9.17) is 5.26 Å². The van der Waals surface area contributed by atoms with Crippen molar-refractivity contribution in [2.75, 3.05) is 12.4 Å². The largest absolute Gasteiger partial charge is 0.323 e. The number of carbonyl (C=O) groups excluding carboxylic acids is 1. The van der Waals surface area contributed by atoms with Crippen LogP contribution in [0.3, 0.4) is 0 Å². The van der Waals surface area contributed by atoms with E-state index in [1.165, 1.54) is 17.0 Å². The lowest BCUT2D eigenvalue weighted by Crippen LogP contribution is -2.31. The van der Waals surface area contributed by atoms with E-state index in [1.807, 2.05) is 36.4 Å². The summed E-state index contributed by atoms with van der Waals surface area (Å²) < 4.78 is 13.0. The quantitative estimate of drug-likeness (QED) is 0.939. The van der Waals surface area contributed by atoms with Crippen molar-refractivity contribution >= 4 is 11.7 Å². The Labute approximate surface area is 122 Å². The van der Waals surface area contributed by atoms with Gasteiger partial charge in [-0.3, -0.25) is 0 Å². The van der Waals surface area contributed by atoms with Gasteiger partial charge in [-0.25, -0.2) is 9.18 Å². The van der Waals surface area contributed by atoms with Gasteiger partial charge in [0.1, 0.15) is 11.9 Å². The second kappa shape index (κ2) is 6.53. The highest BCUT2D eigenvalue weighted by molar-refractivity contribution is 5.90. The SMILES string of the molecule is CN(Cc1ccccc1)C(=O)Nc1ccc(F)cc1C#N. The van der Waals surface area contributed by atoms with E-state index in [2.05, 4.69) is 5.32 Å². The van der Waals surface area contributed by atoms with Crippen LogP contribution in [0.5, 0.6) is 0 Å². The molecule has 0 unspecified atom stereocenters. The molecule has 21 heavy (non-hydrogen) atoms. The summed E-state index contributed by atoms with van der Waals surface area (Å²) in [7, 11) is 1.65. The molecule has 0 aliphatic carbocycles. The van der Waals surface area contributed by atoms with Gasteiger partial charge in [-0.15, -0.1) is 0 Å². The minimum Gasteiger partial charge on any atom is -0.323 e. The van der Waals surface area contributed by atoms with Crippen molar-refractivity contribution in [3.8, 4) is 6.07 Å². The van der Waals surface area contributed by atoms with Crippen LogP contribution in [-0.4, -0.2) is 18.0 Å². The lowest BCUT2D eigenvalue weighted by Gasteiger charge is -2.18. The summed E-state index contributed by atoms with van der Waals surface area (Å²) in [6.45, 7) is 0.440. The number of carbonyl (C=O) groups is 1. The summed E-state index contributed by atoms with van der Waals surface area (Å²) in [5.74, 6) is -0.512. The number of urea groups is 1. The zero-order chi connectivity index (χ0) is 15.2. The van der Waals surface area contributed by atoms with Crippen LogP contribution in [0.2, 0.25) is 0 Å². The Balaban J connectivity index is 2.06. The Kier molecular flexibility index (Phi) is 4.52. The molecule has 0 radical (unpaired) electrons. The number of nitrogens with zero attached hydrogens (tertiary/aromatic N) is 2. The topological polar surface area (TPSA) is 56.1 Å². The van der Waals surface area contributed by atoms with Crippen LogP contribution < -0.4 is 5.32 Å². The second-order valence-electron chi connectivity index (χ2n) is 4.57. The highest BCUT2D eigenvalue weighted by atomic mass is 19.1. The molecule has 106 valence electrons. The minimum atomic E-state index is -0.512. The van der Waals surface area contributed by atoms with Gasteiger partial charge in [0.05, 0.1) is 11.3 Å². The number of benzene rings is 2. The van der Waals surface area contributed by atoms with Gasteiger partial charge in [-0.1, -0.05) is 30.3 Å². The van der Waals surface area contributed by atoms with Crippen LogP contribution in [0.25, 0.3) is 0 Å². The Bertz CT molecular complexity index is 680. The summed E-state index contributed by atoms with van der Waals surface area (Å²) >= 11 is 0. The normalized spacial score (nSPS) is 9.76. The number of amides is 2. The molecule has 2 rings (SSSR count). The molecular weight excluding hydrogens is 269 g/mol. The van der Waals surface area contributed by atoms with E-state index in [0.29, 0.717) is 12.2 Å². The van der Waals surface area contributed by atoms with Gasteiger partial charge >= 0.3 is 6.03 Å². The van der Waals surface area contributed by atoms with Crippen molar-refractivity contribution in [3.05, 3.63) is 65.5 Å². The minimum absolute atomic E-state index is 0.0939. The van der Waals surface area contributed by atoms with Gasteiger partial charge in [0.2, 0.25) is 0 Å². The third-order valence-electron chi connectivity index (χ3n) is 2.95. The van der Waals surface area contributed by atoms with Crippen LogP contribution in [0, 0.1) is 17.1 Å². The van der Waals surface area contributed by atoms with Crippen LogP contribution in [0.15, 0.2) is 48.5 Å². The molecule has 0 aliphatic rings. The highest BCUT2D eigenvalue weighted by Crippen LogP contribution is 2.16. The number of hydrogen-bond acceptors (Lipinski definition) is 2. The molecule has 0 bridgehead atoms. The van der Waals surface area contributed by atoms with E-state index in [1.54, 1.807) is 7.05 Å². The van der Waals surface area contributed by atoms with E-state index >= 15 is 0 Å². The van der Waals surface area contributed by atoms with E-state index < -0.39 is 5.82 Å². The molecular formula is C16H14FN3O. The average molecular weight is 283 g/mol. The summed E-state index contributed by atoms with van der Waals surface area (Å²) in [4.78, 5) is 13.6. The third kappa shape index (κ3) is 3.80. The Morgan fingerprint density at radius 2 is 2.00 bits per heavy atom. The lowest BCUT2D eigenvalue weighted by molar-refractivity contribution is 0.220. The molecule has 0 atom stereocenters. The molecule has 2 aromatic carbocycles. The zero-order valence-corrected chi connectivity index (χ0v) is 11.5. The standard InChI is InChI=1S/C16H14FN3O/c1-20(11-12-5-3-2-4-6-12)16(21)19-15-8-7-14(17)9-13(15)10-18/h2-9H,11H2,1H3,(H,19,21). The average Bonchev–Trinajstić information content (AvgIpc) is 2.49. The molecule has 0 aliphatic heterocycles. The molecule has 0 fully saturated rings. The fourth-order valence-electron chi connectivity index (χ4n) is 1.86. The van der Waals surface area contributed by atoms with Crippen LogP contribution in [0.1, 0.15) is 11.1 Å². The fourth-order valence-corrected chi connectivity index (χ4v) is 1.86. The number of hydrogen-bond donors (Lipinski definition) is 1. The summed E-state index contributed by atoms with van der Waals surface area (Å²) in [5.41, 5.74) is 1.38. The van der Waals surface area contributed by atoms with Crippen molar-refractivity contribution in [2.45, 2.75) is 6.54 Å². The van der Waals surface area contributed by atoms with Crippen LogP contribution in [-0.2, 0) is 6.54 Å². The first-order valence-corrected chi connectivity index (χ1v) is 6.36. The van der Waals surface area contributed by atoms with Crippen molar-refractivity contribution < 1.29 is 9.18 Å². The molecule has 0 spiro atoms. The van der Waals surface area contributed by atoms with E-state index in [9.17, 15) is 9.18 Å². The van der Waals surface area contributed by atoms with Crippen molar-refractivity contribution in [1.82, 2.24) is 4.90 Å². The third-order valence-corrected chi connectivity index (χ3v) is 2.95. The van der Waals surface area contributed by atoms with Gasteiger partial charge in [0, 0.05) is 13.6 Å². The molecule has 1 N–H and O–H groups in total. The lowest BCUT2D eigenvalue weighted by atomic mass is 10.2. The molecule has 0 saturated heterocycles. The molecule has 0 heterocycles. The van der Waals surface area contributed by atoms with E-state index in [0.717, 1.165) is 11.6 Å². The maximum Gasteiger partial charge on any atom is 0.321 e. The molecule has 2 aromatic rings. The van der Waals surface area contributed by atoms with Crippen molar-refractivity contribution in [2.24, 2.45) is 0 Å². The van der Waals surface area contributed by atoms with Gasteiger partial charge in [-0.2, -0.15) is 5.26 Å². The van der Waals surface area contributed by atoms with Crippen molar-refractivity contribution in [3.63, 3.8) is 0 Å². The maximum atomic E-state index is 13.0. The second-order valence-corrected chi connectivity index (χ2v) is 4.57. The zero-order valence-electron chi connectivity index (χ0n) is 11.5. The van der Waals surface area contributed by atoms with Crippen LogP contribution in [0.4, 0.5) is 14.9 Å². The van der Waals surface area contributed by atoms with Gasteiger partial charge in [0.25, 0.3) is 0 Å². The first-order chi connectivity index (χ1) is 10.1. The Hall–Kier alpha value is -2.87. The molecule has 0 saturated carbocycles. The fraction of sp³-hybridized carbons (Fsp3) is 0.125. The number of nitriles is 1. The molecule has 4 nitrogen and oxygen atoms in total. The molecule has 5 heteroatoms. The maximum absolute atomic E-state index is 13.0. The molecule has 0 aromatic heterocycles.